The van der Waals surface area contributed by atoms with Crippen LogP contribution in [-0.4, -0.2) is 29.1 Å². The van der Waals surface area contributed by atoms with Gasteiger partial charge in [0.25, 0.3) is 0 Å². The Morgan fingerprint density at radius 1 is 1.16 bits per heavy atom. The second-order valence-electron chi connectivity index (χ2n) is 5.13. The summed E-state index contributed by atoms with van der Waals surface area (Å²) in [5.74, 6) is 0.237. The third kappa shape index (κ3) is 2.76. The molecule has 2 aromatic carbocycles. The number of thiol groups is 1. The van der Waals surface area contributed by atoms with Gasteiger partial charge in [0.2, 0.25) is 5.91 Å². The van der Waals surface area contributed by atoms with Crippen molar-refractivity contribution in [2.75, 3.05) is 13.1 Å². The summed E-state index contributed by atoms with van der Waals surface area (Å²) >= 11 is 4.38. The number of benzene rings is 2. The first-order chi connectivity index (χ1) is 9.22. The molecule has 1 aliphatic heterocycles. The molecule has 1 saturated heterocycles. The SMILES string of the molecule is O=C1CC(S)CN1CCc1ccc2ccccc2c1. The van der Waals surface area contributed by atoms with Crippen molar-refractivity contribution in [1.29, 1.82) is 0 Å². The lowest BCUT2D eigenvalue weighted by molar-refractivity contribution is -0.127. The Morgan fingerprint density at radius 2 is 1.95 bits per heavy atom. The topological polar surface area (TPSA) is 20.3 Å². The van der Waals surface area contributed by atoms with Gasteiger partial charge in [-0.2, -0.15) is 12.6 Å². The minimum atomic E-state index is 0.212. The van der Waals surface area contributed by atoms with Gasteiger partial charge in [-0.05, 0) is 22.8 Å². The van der Waals surface area contributed by atoms with E-state index in [0.29, 0.717) is 6.42 Å². The van der Waals surface area contributed by atoms with Gasteiger partial charge in [-0.25, -0.2) is 0 Å². The highest BCUT2D eigenvalue weighted by Crippen LogP contribution is 2.19. The summed E-state index contributed by atoms with van der Waals surface area (Å²) < 4.78 is 0. The molecular weight excluding hydrogens is 254 g/mol. The highest BCUT2D eigenvalue weighted by atomic mass is 32.1. The molecule has 0 saturated carbocycles. The Labute approximate surface area is 118 Å². The van der Waals surface area contributed by atoms with Gasteiger partial charge in [-0.3, -0.25) is 4.79 Å². The fraction of sp³-hybridized carbons (Fsp3) is 0.312. The molecule has 0 spiro atoms. The molecule has 1 fully saturated rings. The van der Waals surface area contributed by atoms with E-state index in [4.69, 9.17) is 0 Å². The Morgan fingerprint density at radius 3 is 2.68 bits per heavy atom. The van der Waals surface area contributed by atoms with Crippen LogP contribution in [0.5, 0.6) is 0 Å². The predicted molar refractivity (Wildman–Crippen MR) is 81.6 cm³/mol. The number of fused-ring (bicyclic) bond motifs is 1. The maximum Gasteiger partial charge on any atom is 0.223 e. The summed E-state index contributed by atoms with van der Waals surface area (Å²) in [6, 6.07) is 14.9. The molecule has 1 aliphatic rings. The first-order valence-electron chi connectivity index (χ1n) is 6.66. The second kappa shape index (κ2) is 5.25. The number of rotatable bonds is 3. The van der Waals surface area contributed by atoms with Gasteiger partial charge in [-0.1, -0.05) is 42.5 Å². The molecule has 2 nitrogen and oxygen atoms in total. The van der Waals surface area contributed by atoms with Crippen molar-refractivity contribution < 1.29 is 4.79 Å². The van der Waals surface area contributed by atoms with E-state index >= 15 is 0 Å². The normalized spacial score (nSPS) is 19.3. The minimum Gasteiger partial charge on any atom is -0.341 e. The van der Waals surface area contributed by atoms with E-state index in [9.17, 15) is 4.79 Å². The monoisotopic (exact) mass is 271 g/mol. The van der Waals surface area contributed by atoms with E-state index in [-0.39, 0.29) is 11.2 Å². The molecule has 3 heteroatoms. The Hall–Kier alpha value is -1.48. The van der Waals surface area contributed by atoms with Crippen LogP contribution in [-0.2, 0) is 11.2 Å². The second-order valence-corrected chi connectivity index (χ2v) is 5.86. The highest BCUT2D eigenvalue weighted by Gasteiger charge is 2.26. The number of carbonyl (C=O) groups excluding carboxylic acids is 1. The van der Waals surface area contributed by atoms with E-state index in [2.05, 4.69) is 55.1 Å². The van der Waals surface area contributed by atoms with E-state index in [1.54, 1.807) is 0 Å². The summed E-state index contributed by atoms with van der Waals surface area (Å²) in [5, 5.41) is 2.74. The molecule has 0 bridgehead atoms. The van der Waals surface area contributed by atoms with Crippen LogP contribution in [0, 0.1) is 0 Å². The first-order valence-corrected chi connectivity index (χ1v) is 7.17. The quantitative estimate of drug-likeness (QED) is 0.851. The summed E-state index contributed by atoms with van der Waals surface area (Å²) in [6.07, 6.45) is 1.50. The van der Waals surface area contributed by atoms with Gasteiger partial charge in [0.1, 0.15) is 0 Å². The van der Waals surface area contributed by atoms with E-state index in [1.807, 2.05) is 4.90 Å². The molecule has 0 aromatic heterocycles. The van der Waals surface area contributed by atoms with Crippen molar-refractivity contribution in [3.8, 4) is 0 Å². The zero-order valence-electron chi connectivity index (χ0n) is 10.7. The lowest BCUT2D eigenvalue weighted by atomic mass is 10.1. The summed E-state index contributed by atoms with van der Waals surface area (Å²) in [6.45, 7) is 1.59. The molecule has 1 atom stereocenters. The molecule has 3 rings (SSSR count). The molecule has 2 aromatic rings. The third-order valence-electron chi connectivity index (χ3n) is 3.68. The lowest BCUT2D eigenvalue weighted by Gasteiger charge is -2.15. The fourth-order valence-corrected chi connectivity index (χ4v) is 2.98. The Kier molecular flexibility index (Phi) is 3.47. The van der Waals surface area contributed by atoms with Gasteiger partial charge in [0, 0.05) is 24.8 Å². The number of hydrogen-bond donors (Lipinski definition) is 1. The van der Waals surface area contributed by atoms with E-state index < -0.39 is 0 Å². The third-order valence-corrected chi connectivity index (χ3v) is 4.02. The van der Waals surface area contributed by atoms with Gasteiger partial charge in [0.15, 0.2) is 0 Å². The van der Waals surface area contributed by atoms with Crippen LogP contribution in [0.4, 0.5) is 0 Å². The van der Waals surface area contributed by atoms with Crippen molar-refractivity contribution in [2.45, 2.75) is 18.1 Å². The minimum absolute atomic E-state index is 0.212. The molecule has 0 N–H and O–H groups in total. The van der Waals surface area contributed by atoms with E-state index in [1.165, 1.54) is 16.3 Å². The Bertz CT molecular complexity index is 610. The molecule has 19 heavy (non-hydrogen) atoms. The highest BCUT2D eigenvalue weighted by molar-refractivity contribution is 7.81. The van der Waals surface area contributed by atoms with Crippen LogP contribution >= 0.6 is 12.6 Å². The van der Waals surface area contributed by atoms with E-state index in [0.717, 1.165) is 19.5 Å². The van der Waals surface area contributed by atoms with Crippen molar-refractivity contribution in [2.24, 2.45) is 0 Å². The van der Waals surface area contributed by atoms with Crippen molar-refractivity contribution >= 4 is 29.3 Å². The standard InChI is InChI=1S/C16H17NOS/c18-16-10-15(19)11-17(16)8-7-12-5-6-13-3-1-2-4-14(13)9-12/h1-6,9,15,19H,7-8,10-11H2. The molecule has 1 unspecified atom stereocenters. The number of nitrogens with zero attached hydrogens (tertiary/aromatic N) is 1. The van der Waals surface area contributed by atoms with Crippen LogP contribution in [0.15, 0.2) is 42.5 Å². The summed E-state index contributed by atoms with van der Waals surface area (Å²) in [5.41, 5.74) is 1.29. The summed E-state index contributed by atoms with van der Waals surface area (Å²) in [4.78, 5) is 13.6. The van der Waals surface area contributed by atoms with Crippen LogP contribution in [0.3, 0.4) is 0 Å². The van der Waals surface area contributed by atoms with Gasteiger partial charge < -0.3 is 4.90 Å². The summed E-state index contributed by atoms with van der Waals surface area (Å²) in [7, 11) is 0. The number of amides is 1. The smallest absolute Gasteiger partial charge is 0.223 e. The molecular formula is C16H17NOS. The van der Waals surface area contributed by atoms with Crippen LogP contribution in [0.1, 0.15) is 12.0 Å². The fourth-order valence-electron chi connectivity index (χ4n) is 2.63. The lowest BCUT2D eigenvalue weighted by Crippen LogP contribution is -2.27. The van der Waals surface area contributed by atoms with Gasteiger partial charge in [-0.15, -0.1) is 0 Å². The van der Waals surface area contributed by atoms with Crippen molar-refractivity contribution in [3.05, 3.63) is 48.0 Å². The molecule has 0 radical (unpaired) electrons. The first kappa shape index (κ1) is 12.5. The maximum atomic E-state index is 11.7. The van der Waals surface area contributed by atoms with Gasteiger partial charge in [0.05, 0.1) is 0 Å². The molecule has 1 heterocycles. The average Bonchev–Trinajstić information content (AvgIpc) is 2.74. The predicted octanol–water partition coefficient (Wildman–Crippen LogP) is 2.91. The molecule has 98 valence electrons. The average molecular weight is 271 g/mol. The van der Waals surface area contributed by atoms with Crippen molar-refractivity contribution in [3.63, 3.8) is 0 Å². The largest absolute Gasteiger partial charge is 0.341 e. The van der Waals surface area contributed by atoms with Crippen LogP contribution in [0.25, 0.3) is 10.8 Å². The van der Waals surface area contributed by atoms with Crippen LogP contribution < -0.4 is 0 Å². The Balaban J connectivity index is 1.70. The zero-order chi connectivity index (χ0) is 13.2. The molecule has 1 amide bonds. The number of likely N-dealkylation sites (tertiary alicyclic amines) is 1. The zero-order valence-corrected chi connectivity index (χ0v) is 11.6. The molecule has 0 aliphatic carbocycles. The maximum absolute atomic E-state index is 11.7. The van der Waals surface area contributed by atoms with Gasteiger partial charge >= 0.3 is 0 Å². The number of carbonyl (C=O) groups is 1. The van der Waals surface area contributed by atoms with Crippen LogP contribution in [0.2, 0.25) is 0 Å². The van der Waals surface area contributed by atoms with Crippen molar-refractivity contribution in [1.82, 2.24) is 4.90 Å². The number of hydrogen-bond acceptors (Lipinski definition) is 2.